The number of aryl methyl sites for hydroxylation is 1. The molecule has 2 aromatic rings. The molecule has 0 saturated heterocycles. The zero-order chi connectivity index (χ0) is 16.3. The van der Waals surface area contributed by atoms with Crippen LogP contribution < -0.4 is 10.9 Å². The van der Waals surface area contributed by atoms with Gasteiger partial charge in [0.2, 0.25) is 5.91 Å². The highest BCUT2D eigenvalue weighted by atomic mass is 16.2. The third kappa shape index (κ3) is 3.61. The van der Waals surface area contributed by atoms with Gasteiger partial charge in [-0.1, -0.05) is 26.0 Å². The molecule has 116 valence electrons. The summed E-state index contributed by atoms with van der Waals surface area (Å²) in [6.45, 7) is 7.67. The van der Waals surface area contributed by atoms with Gasteiger partial charge in [0.05, 0.1) is 5.69 Å². The molecule has 1 aromatic carbocycles. The molecule has 5 nitrogen and oxygen atoms in total. The second-order valence-corrected chi connectivity index (χ2v) is 5.70. The number of amides is 1. The molecule has 0 radical (unpaired) electrons. The largest absolute Gasteiger partial charge is 0.324 e. The molecule has 0 bridgehead atoms. The molecular weight excluding hydrogens is 278 g/mol. The van der Waals surface area contributed by atoms with E-state index >= 15 is 0 Å². The molecule has 1 N–H and O–H groups in total. The Bertz CT molecular complexity index is 717. The van der Waals surface area contributed by atoms with E-state index in [1.54, 1.807) is 19.9 Å². The Morgan fingerprint density at radius 3 is 2.32 bits per heavy atom. The van der Waals surface area contributed by atoms with Gasteiger partial charge in [0.25, 0.3) is 5.56 Å². The lowest BCUT2D eigenvalue weighted by atomic mass is 10.0. The molecule has 0 spiro atoms. The molecule has 0 saturated carbocycles. The highest BCUT2D eigenvalue weighted by Gasteiger charge is 2.17. The van der Waals surface area contributed by atoms with Crippen molar-refractivity contribution in [3.63, 3.8) is 0 Å². The first-order valence-electron chi connectivity index (χ1n) is 7.36. The van der Waals surface area contributed by atoms with Gasteiger partial charge in [-0.25, -0.2) is 4.68 Å². The minimum Gasteiger partial charge on any atom is -0.324 e. The zero-order valence-corrected chi connectivity index (χ0v) is 13.3. The van der Waals surface area contributed by atoms with E-state index in [2.05, 4.69) is 24.3 Å². The molecule has 22 heavy (non-hydrogen) atoms. The second-order valence-electron chi connectivity index (χ2n) is 5.70. The highest BCUT2D eigenvalue weighted by molar-refractivity contribution is 5.93. The van der Waals surface area contributed by atoms with Crippen LogP contribution in [0.5, 0.6) is 0 Å². The number of carbonyl (C=O) groups excluding carboxylic acids is 1. The van der Waals surface area contributed by atoms with Gasteiger partial charge in [0.15, 0.2) is 0 Å². The summed E-state index contributed by atoms with van der Waals surface area (Å²) in [5, 5.41) is 6.93. The summed E-state index contributed by atoms with van der Waals surface area (Å²) >= 11 is 0. The summed E-state index contributed by atoms with van der Waals surface area (Å²) in [4.78, 5) is 24.1. The fraction of sp³-hybridized carbons (Fsp3) is 0.353. The Morgan fingerprint density at radius 1 is 1.09 bits per heavy atom. The Hall–Kier alpha value is -2.43. The number of hydrogen-bond acceptors (Lipinski definition) is 3. The van der Waals surface area contributed by atoms with Gasteiger partial charge in [0.1, 0.15) is 6.04 Å². The fourth-order valence-corrected chi connectivity index (χ4v) is 2.11. The van der Waals surface area contributed by atoms with Crippen LogP contribution in [0.15, 0.2) is 41.2 Å². The van der Waals surface area contributed by atoms with Crippen LogP contribution in [0.2, 0.25) is 0 Å². The molecule has 1 heterocycles. The van der Waals surface area contributed by atoms with Crippen LogP contribution in [0.4, 0.5) is 5.69 Å². The number of anilines is 1. The van der Waals surface area contributed by atoms with E-state index in [0.717, 1.165) is 0 Å². The van der Waals surface area contributed by atoms with Crippen molar-refractivity contribution in [1.29, 1.82) is 0 Å². The van der Waals surface area contributed by atoms with E-state index in [-0.39, 0.29) is 11.5 Å². The van der Waals surface area contributed by atoms with Crippen LogP contribution in [0, 0.1) is 6.92 Å². The van der Waals surface area contributed by atoms with Crippen molar-refractivity contribution in [3.8, 4) is 0 Å². The topological polar surface area (TPSA) is 64.0 Å². The molecule has 1 amide bonds. The fourth-order valence-electron chi connectivity index (χ4n) is 2.11. The van der Waals surface area contributed by atoms with Crippen molar-refractivity contribution < 1.29 is 4.79 Å². The van der Waals surface area contributed by atoms with Gasteiger partial charge in [-0.05, 0) is 43.5 Å². The van der Waals surface area contributed by atoms with E-state index in [4.69, 9.17) is 0 Å². The number of nitrogens with one attached hydrogen (secondary N) is 1. The molecule has 0 aliphatic rings. The quantitative estimate of drug-likeness (QED) is 0.944. The summed E-state index contributed by atoms with van der Waals surface area (Å²) in [5.74, 6) is 0.177. The maximum atomic E-state index is 12.3. The summed E-state index contributed by atoms with van der Waals surface area (Å²) in [6.07, 6.45) is 0. The maximum absolute atomic E-state index is 12.3. The van der Waals surface area contributed by atoms with E-state index in [9.17, 15) is 9.59 Å². The van der Waals surface area contributed by atoms with Crippen LogP contribution in [0.3, 0.4) is 0 Å². The smallest absolute Gasteiger partial charge is 0.267 e. The van der Waals surface area contributed by atoms with Crippen molar-refractivity contribution in [2.75, 3.05) is 5.32 Å². The standard InChI is InChI=1S/C17H21N3O2/c1-11(2)14-6-8-15(9-7-14)18-17(22)13(4)20-16(21)10-5-12(3)19-20/h5-11,13H,1-4H3,(H,18,22). The molecule has 5 heteroatoms. The minimum absolute atomic E-state index is 0.266. The van der Waals surface area contributed by atoms with Crippen molar-refractivity contribution in [2.24, 2.45) is 0 Å². The van der Waals surface area contributed by atoms with Crippen LogP contribution >= 0.6 is 0 Å². The second kappa shape index (κ2) is 6.56. The number of rotatable bonds is 4. The molecule has 1 atom stereocenters. The maximum Gasteiger partial charge on any atom is 0.267 e. The average Bonchev–Trinajstić information content (AvgIpc) is 2.49. The molecule has 2 rings (SSSR count). The van der Waals surface area contributed by atoms with Crippen molar-refractivity contribution >= 4 is 11.6 Å². The van der Waals surface area contributed by atoms with Gasteiger partial charge in [-0.2, -0.15) is 5.10 Å². The minimum atomic E-state index is -0.669. The predicted molar refractivity (Wildman–Crippen MR) is 87.1 cm³/mol. The zero-order valence-electron chi connectivity index (χ0n) is 13.3. The predicted octanol–water partition coefficient (Wildman–Crippen LogP) is 2.87. The van der Waals surface area contributed by atoms with Gasteiger partial charge in [-0.3, -0.25) is 9.59 Å². The normalized spacial score (nSPS) is 12.2. The lowest BCUT2D eigenvalue weighted by Gasteiger charge is -2.15. The number of hydrogen-bond donors (Lipinski definition) is 1. The first kappa shape index (κ1) is 15.9. The molecule has 0 fully saturated rings. The summed E-state index contributed by atoms with van der Waals surface area (Å²) in [5.41, 5.74) is 2.33. The van der Waals surface area contributed by atoms with Crippen molar-refractivity contribution in [2.45, 2.75) is 39.7 Å². The van der Waals surface area contributed by atoms with Gasteiger partial charge < -0.3 is 5.32 Å². The average molecular weight is 299 g/mol. The van der Waals surface area contributed by atoms with Crippen LogP contribution in [-0.2, 0) is 4.79 Å². The number of carbonyl (C=O) groups is 1. The summed E-state index contributed by atoms with van der Waals surface area (Å²) in [6, 6.07) is 10.1. The lowest BCUT2D eigenvalue weighted by Crippen LogP contribution is -2.33. The first-order chi connectivity index (χ1) is 10.4. The Kier molecular flexibility index (Phi) is 4.75. The van der Waals surface area contributed by atoms with Gasteiger partial charge >= 0.3 is 0 Å². The van der Waals surface area contributed by atoms with Crippen molar-refractivity contribution in [1.82, 2.24) is 9.78 Å². The number of benzene rings is 1. The van der Waals surface area contributed by atoms with Crippen LogP contribution in [0.25, 0.3) is 0 Å². The lowest BCUT2D eigenvalue weighted by molar-refractivity contribution is -0.119. The van der Waals surface area contributed by atoms with E-state index in [1.807, 2.05) is 24.3 Å². The highest BCUT2D eigenvalue weighted by Crippen LogP contribution is 2.17. The first-order valence-corrected chi connectivity index (χ1v) is 7.36. The number of aromatic nitrogens is 2. The van der Waals surface area contributed by atoms with Crippen LogP contribution in [-0.4, -0.2) is 15.7 Å². The molecular formula is C17H21N3O2. The Morgan fingerprint density at radius 2 is 1.73 bits per heavy atom. The SMILES string of the molecule is Cc1ccc(=O)n(C(C)C(=O)Nc2ccc(C(C)C)cc2)n1. The van der Waals surface area contributed by atoms with Gasteiger partial charge in [0, 0.05) is 11.8 Å². The molecule has 0 aliphatic heterocycles. The van der Waals surface area contributed by atoms with E-state index < -0.39 is 6.04 Å². The Balaban J connectivity index is 2.14. The summed E-state index contributed by atoms with van der Waals surface area (Å²) in [7, 11) is 0. The third-order valence-corrected chi connectivity index (χ3v) is 3.55. The Labute approximate surface area is 130 Å². The van der Waals surface area contributed by atoms with E-state index in [1.165, 1.54) is 16.3 Å². The summed E-state index contributed by atoms with van der Waals surface area (Å²) < 4.78 is 1.20. The monoisotopic (exact) mass is 299 g/mol. The molecule has 1 unspecified atom stereocenters. The number of nitrogens with zero attached hydrogens (tertiary/aromatic N) is 2. The van der Waals surface area contributed by atoms with Crippen LogP contribution in [0.1, 0.15) is 44.0 Å². The van der Waals surface area contributed by atoms with Crippen molar-refractivity contribution in [3.05, 3.63) is 58.0 Å². The van der Waals surface area contributed by atoms with E-state index in [0.29, 0.717) is 17.3 Å². The molecule has 0 aliphatic carbocycles. The third-order valence-electron chi connectivity index (χ3n) is 3.55. The van der Waals surface area contributed by atoms with Gasteiger partial charge in [-0.15, -0.1) is 0 Å². The molecule has 1 aromatic heterocycles.